The van der Waals surface area contributed by atoms with Gasteiger partial charge in [0.25, 0.3) is 0 Å². The molecule has 11 heteroatoms. The Labute approximate surface area is 197 Å². The predicted molar refractivity (Wildman–Crippen MR) is 116 cm³/mol. The van der Waals surface area contributed by atoms with Crippen molar-refractivity contribution in [3.8, 4) is 5.75 Å². The van der Waals surface area contributed by atoms with E-state index >= 15 is 0 Å². The number of anilines is 1. The lowest BCUT2D eigenvalue weighted by Crippen LogP contribution is -2.59. The minimum atomic E-state index is -4.93. The Balaban J connectivity index is 1.63. The number of hydrogen-bond acceptors (Lipinski definition) is 6. The molecule has 0 amide bonds. The Morgan fingerprint density at radius 3 is 2.40 bits per heavy atom. The Kier molecular flexibility index (Phi) is 6.31. The summed E-state index contributed by atoms with van der Waals surface area (Å²) < 4.78 is 54.9. The van der Waals surface area contributed by atoms with Crippen LogP contribution in [0.3, 0.4) is 0 Å². The van der Waals surface area contributed by atoms with Gasteiger partial charge in [0.05, 0.1) is 0 Å². The van der Waals surface area contributed by atoms with Gasteiger partial charge in [-0.05, 0) is 66.8 Å². The molecule has 0 radical (unpaired) electrons. The summed E-state index contributed by atoms with van der Waals surface area (Å²) in [5, 5.41) is 13.4. The molecule has 186 valence electrons. The molecular weight excluding hydrogens is 472 g/mol. The number of nitrogens with one attached hydrogen (secondary N) is 1. The number of rotatable bonds is 7. The first-order chi connectivity index (χ1) is 16.4. The van der Waals surface area contributed by atoms with Gasteiger partial charge in [0.2, 0.25) is 11.6 Å². The van der Waals surface area contributed by atoms with E-state index in [0.717, 1.165) is 37.1 Å². The molecule has 35 heavy (non-hydrogen) atoms. The minimum absolute atomic E-state index is 0.118. The van der Waals surface area contributed by atoms with E-state index in [0.29, 0.717) is 17.7 Å². The molecule has 1 saturated carbocycles. The van der Waals surface area contributed by atoms with Crippen LogP contribution in [0.15, 0.2) is 42.5 Å². The van der Waals surface area contributed by atoms with Gasteiger partial charge < -0.3 is 20.9 Å². The highest BCUT2D eigenvalue weighted by Crippen LogP contribution is 2.50. The summed E-state index contributed by atoms with van der Waals surface area (Å²) in [7, 11) is 0. The number of carboxylic acid groups (broad SMARTS) is 1. The molecule has 1 aliphatic carbocycles. The summed E-state index contributed by atoms with van der Waals surface area (Å²) in [6.07, 6.45) is -3.67. The van der Waals surface area contributed by atoms with E-state index in [1.54, 1.807) is 0 Å². The summed E-state index contributed by atoms with van der Waals surface area (Å²) in [4.78, 5) is 38.1. The van der Waals surface area contributed by atoms with Crippen LogP contribution in [0.5, 0.6) is 5.75 Å². The average molecular weight is 494 g/mol. The Bertz CT molecular complexity index is 1170. The van der Waals surface area contributed by atoms with Crippen LogP contribution in [0.1, 0.15) is 47.5 Å². The lowest BCUT2D eigenvalue weighted by molar-refractivity contribution is -0.274. The number of carbonyl (C=O) groups excluding carboxylic acids is 2. The molecule has 0 bridgehead atoms. The number of Topliss-reactive ketones (excluding diaryl/α,β-unsaturated/α-hetero) is 2. The van der Waals surface area contributed by atoms with Crippen LogP contribution in [-0.4, -0.2) is 40.6 Å². The van der Waals surface area contributed by atoms with Gasteiger partial charge in [0.15, 0.2) is 0 Å². The molecule has 1 fully saturated rings. The number of benzene rings is 2. The van der Waals surface area contributed by atoms with Crippen LogP contribution < -0.4 is 15.8 Å². The third-order valence-electron chi connectivity index (χ3n) is 6.70. The van der Waals surface area contributed by atoms with Crippen LogP contribution in [0.2, 0.25) is 0 Å². The molecule has 4 N–H and O–H groups in total. The maximum Gasteiger partial charge on any atom is 0.573 e. The third-order valence-corrected chi connectivity index (χ3v) is 6.70. The maximum atomic E-state index is 14.1. The number of halogens is 4. The summed E-state index contributed by atoms with van der Waals surface area (Å²) in [6.45, 7) is 0. The van der Waals surface area contributed by atoms with Crippen molar-refractivity contribution < 1.29 is 41.8 Å². The van der Waals surface area contributed by atoms with E-state index in [1.807, 2.05) is 0 Å². The number of aliphatic carboxylic acids is 1. The fourth-order valence-corrected chi connectivity index (χ4v) is 5.21. The van der Waals surface area contributed by atoms with Gasteiger partial charge in [-0.15, -0.1) is 13.2 Å². The van der Waals surface area contributed by atoms with Crippen LogP contribution in [-0.2, 0) is 9.59 Å². The van der Waals surface area contributed by atoms with Crippen molar-refractivity contribution in [3.63, 3.8) is 0 Å². The van der Waals surface area contributed by atoms with Gasteiger partial charge in [-0.3, -0.25) is 14.4 Å². The summed E-state index contributed by atoms with van der Waals surface area (Å²) >= 11 is 0. The summed E-state index contributed by atoms with van der Waals surface area (Å²) in [5.74, 6) is -6.16. The zero-order chi connectivity index (χ0) is 25.5. The Morgan fingerprint density at radius 2 is 1.77 bits per heavy atom. The van der Waals surface area contributed by atoms with E-state index < -0.39 is 53.3 Å². The maximum absolute atomic E-state index is 14.1. The Morgan fingerprint density at radius 1 is 1.09 bits per heavy atom. The molecule has 2 aromatic rings. The highest BCUT2D eigenvalue weighted by molar-refractivity contribution is 6.44. The van der Waals surface area contributed by atoms with Gasteiger partial charge in [0, 0.05) is 29.6 Å². The molecule has 1 heterocycles. The van der Waals surface area contributed by atoms with Crippen molar-refractivity contribution in [2.24, 2.45) is 11.7 Å². The summed E-state index contributed by atoms with van der Waals surface area (Å²) in [6, 6.07) is 7.49. The SMILES string of the molecule is NC(CC(=O)C(=O)c1ccc(OC(F)(F)F)cc1)(C(=O)O)C1c2cc(F)ccc2N[C@@H]2CCC[C@H]12. The topological polar surface area (TPSA) is 119 Å². The molecular formula is C24H22F4N2O5. The molecule has 2 aromatic carbocycles. The van der Waals surface area contributed by atoms with E-state index in [-0.39, 0.29) is 17.5 Å². The number of ketones is 2. The molecule has 1 aliphatic heterocycles. The minimum Gasteiger partial charge on any atom is -0.480 e. The van der Waals surface area contributed by atoms with Gasteiger partial charge in [-0.2, -0.15) is 0 Å². The first-order valence-electron chi connectivity index (χ1n) is 10.9. The van der Waals surface area contributed by atoms with Crippen molar-refractivity contribution in [2.45, 2.75) is 49.5 Å². The predicted octanol–water partition coefficient (Wildman–Crippen LogP) is 4.03. The lowest BCUT2D eigenvalue weighted by atomic mass is 9.66. The zero-order valence-electron chi connectivity index (χ0n) is 18.3. The number of fused-ring (bicyclic) bond motifs is 2. The smallest absolute Gasteiger partial charge is 0.480 e. The van der Waals surface area contributed by atoms with E-state index in [2.05, 4.69) is 10.1 Å². The van der Waals surface area contributed by atoms with E-state index in [1.165, 1.54) is 18.2 Å². The molecule has 7 nitrogen and oxygen atoms in total. The number of nitrogens with two attached hydrogens (primary N) is 1. The average Bonchev–Trinajstić information content (AvgIpc) is 3.24. The standard InChI is InChI=1S/C24H22F4N2O5/c25-13-6-9-18-16(10-13)20(15-2-1-3-17(15)30-18)23(29,22(33)34)11-19(31)21(32)12-4-7-14(8-5-12)35-24(26,27)28/h4-10,15,17,20,30H,1-3,11,29H2,(H,33,34)/t15-,17+,20?,23?/m0/s1. The number of carbonyl (C=O) groups is 3. The monoisotopic (exact) mass is 494 g/mol. The van der Waals surface area contributed by atoms with Crippen LogP contribution in [0.4, 0.5) is 23.2 Å². The molecule has 0 spiro atoms. The van der Waals surface area contributed by atoms with Crippen molar-refractivity contribution in [1.29, 1.82) is 0 Å². The fraction of sp³-hybridized carbons (Fsp3) is 0.375. The van der Waals surface area contributed by atoms with Gasteiger partial charge >= 0.3 is 12.3 Å². The second-order valence-corrected chi connectivity index (χ2v) is 8.90. The van der Waals surface area contributed by atoms with Crippen molar-refractivity contribution >= 4 is 23.2 Å². The first-order valence-corrected chi connectivity index (χ1v) is 10.9. The quantitative estimate of drug-likeness (QED) is 0.302. The third kappa shape index (κ3) is 4.86. The van der Waals surface area contributed by atoms with Gasteiger partial charge in [-0.1, -0.05) is 6.42 Å². The molecule has 4 atom stereocenters. The van der Waals surface area contributed by atoms with Crippen molar-refractivity contribution in [2.75, 3.05) is 5.32 Å². The van der Waals surface area contributed by atoms with Crippen molar-refractivity contribution in [1.82, 2.24) is 0 Å². The zero-order valence-corrected chi connectivity index (χ0v) is 18.3. The normalized spacial score (nSPS) is 22.8. The van der Waals surface area contributed by atoms with E-state index in [9.17, 15) is 37.1 Å². The first kappa shape index (κ1) is 24.6. The Hall–Kier alpha value is -3.47. The van der Waals surface area contributed by atoms with Gasteiger partial charge in [0.1, 0.15) is 17.1 Å². The highest BCUT2D eigenvalue weighted by atomic mass is 19.4. The number of hydrogen-bond donors (Lipinski definition) is 3. The largest absolute Gasteiger partial charge is 0.573 e. The second kappa shape index (κ2) is 8.95. The summed E-state index contributed by atoms with van der Waals surface area (Å²) in [5.41, 5.74) is 4.77. The molecule has 2 unspecified atom stereocenters. The molecule has 0 saturated heterocycles. The van der Waals surface area contributed by atoms with E-state index in [4.69, 9.17) is 5.73 Å². The lowest BCUT2D eigenvalue weighted by Gasteiger charge is -2.44. The number of ether oxygens (including phenoxy) is 1. The fourth-order valence-electron chi connectivity index (χ4n) is 5.21. The van der Waals surface area contributed by atoms with Crippen molar-refractivity contribution in [3.05, 3.63) is 59.4 Å². The van der Waals surface area contributed by atoms with Crippen LogP contribution >= 0.6 is 0 Å². The van der Waals surface area contributed by atoms with Crippen LogP contribution in [0, 0.1) is 11.7 Å². The molecule has 0 aromatic heterocycles. The van der Waals surface area contributed by atoms with Crippen LogP contribution in [0.25, 0.3) is 0 Å². The second-order valence-electron chi connectivity index (χ2n) is 8.90. The highest BCUT2D eigenvalue weighted by Gasteiger charge is 2.54. The number of carboxylic acids is 1. The molecule has 4 rings (SSSR count). The molecule has 2 aliphatic rings. The van der Waals surface area contributed by atoms with Gasteiger partial charge in [-0.25, -0.2) is 4.39 Å². The number of alkyl halides is 3.